The maximum atomic E-state index is 11.7. The van der Waals surface area contributed by atoms with Crippen LogP contribution in [0, 0.1) is 5.92 Å². The molecule has 1 atom stereocenters. The second-order valence-corrected chi connectivity index (χ2v) is 4.21. The van der Waals surface area contributed by atoms with Crippen molar-refractivity contribution >= 4 is 11.6 Å². The quantitative estimate of drug-likeness (QED) is 0.817. The van der Waals surface area contributed by atoms with E-state index in [1.54, 1.807) is 18.2 Å². The topological polar surface area (TPSA) is 58.6 Å². The average Bonchev–Trinajstić information content (AvgIpc) is 2.39. The van der Waals surface area contributed by atoms with E-state index in [0.29, 0.717) is 23.6 Å². The number of amides is 1. The first-order chi connectivity index (χ1) is 8.62. The van der Waals surface area contributed by atoms with Gasteiger partial charge >= 0.3 is 0 Å². The fraction of sp³-hybridized carbons (Fsp3) is 0.500. The van der Waals surface area contributed by atoms with Gasteiger partial charge in [-0.15, -0.1) is 0 Å². The lowest BCUT2D eigenvalue weighted by molar-refractivity contribution is -0.119. The van der Waals surface area contributed by atoms with Gasteiger partial charge in [0.1, 0.15) is 5.75 Å². The molecule has 0 fully saturated rings. The highest BCUT2D eigenvalue weighted by molar-refractivity contribution is 5.92. The van der Waals surface area contributed by atoms with Gasteiger partial charge in [-0.05, 0) is 31.5 Å². The molecule has 0 saturated carbocycles. The zero-order chi connectivity index (χ0) is 13.5. The van der Waals surface area contributed by atoms with Crippen molar-refractivity contribution in [3.63, 3.8) is 0 Å². The van der Waals surface area contributed by atoms with Crippen LogP contribution in [0.2, 0.25) is 0 Å². The Morgan fingerprint density at radius 3 is 2.72 bits per heavy atom. The number of rotatable bonds is 6. The van der Waals surface area contributed by atoms with Crippen molar-refractivity contribution in [2.24, 2.45) is 5.92 Å². The fourth-order valence-corrected chi connectivity index (χ4v) is 1.53. The van der Waals surface area contributed by atoms with Crippen molar-refractivity contribution < 1.29 is 14.6 Å². The largest absolute Gasteiger partial charge is 0.494 e. The van der Waals surface area contributed by atoms with Crippen LogP contribution in [0.25, 0.3) is 0 Å². The molecule has 1 aromatic carbocycles. The highest BCUT2D eigenvalue weighted by Crippen LogP contribution is 2.23. The molecule has 0 aliphatic carbocycles. The number of carbonyl (C=O) groups is 1. The predicted octanol–water partition coefficient (Wildman–Crippen LogP) is 2.56. The maximum Gasteiger partial charge on any atom is 0.227 e. The normalized spacial score (nSPS) is 12.0. The van der Waals surface area contributed by atoms with Crippen molar-refractivity contribution in [2.45, 2.75) is 33.8 Å². The van der Waals surface area contributed by atoms with Crippen molar-refractivity contribution in [1.82, 2.24) is 0 Å². The van der Waals surface area contributed by atoms with Crippen LogP contribution in [-0.4, -0.2) is 17.6 Å². The molecule has 0 heterocycles. The number of anilines is 1. The van der Waals surface area contributed by atoms with Crippen LogP contribution in [-0.2, 0) is 11.4 Å². The van der Waals surface area contributed by atoms with Crippen molar-refractivity contribution in [2.75, 3.05) is 11.9 Å². The van der Waals surface area contributed by atoms with Crippen LogP contribution < -0.4 is 10.1 Å². The molecule has 0 aromatic heterocycles. The molecule has 4 heteroatoms. The van der Waals surface area contributed by atoms with Crippen molar-refractivity contribution in [3.05, 3.63) is 23.8 Å². The Kier molecular flexibility index (Phi) is 5.65. The Morgan fingerprint density at radius 2 is 2.17 bits per heavy atom. The van der Waals surface area contributed by atoms with E-state index in [9.17, 15) is 9.90 Å². The number of ether oxygens (including phenoxy) is 1. The summed E-state index contributed by atoms with van der Waals surface area (Å²) < 4.78 is 5.38. The van der Waals surface area contributed by atoms with E-state index in [1.165, 1.54) is 0 Å². The molecule has 0 aliphatic rings. The molecule has 0 radical (unpaired) electrons. The number of benzene rings is 1. The van der Waals surface area contributed by atoms with Gasteiger partial charge < -0.3 is 15.2 Å². The van der Waals surface area contributed by atoms with E-state index in [-0.39, 0.29) is 18.4 Å². The summed E-state index contributed by atoms with van der Waals surface area (Å²) in [6.45, 7) is 6.19. The highest BCUT2D eigenvalue weighted by Gasteiger charge is 2.11. The first-order valence-electron chi connectivity index (χ1n) is 6.29. The van der Waals surface area contributed by atoms with E-state index in [2.05, 4.69) is 5.32 Å². The molecule has 0 saturated heterocycles. The minimum absolute atomic E-state index is 0.00875. The Hall–Kier alpha value is -1.55. The fourth-order valence-electron chi connectivity index (χ4n) is 1.53. The zero-order valence-corrected chi connectivity index (χ0v) is 11.2. The van der Waals surface area contributed by atoms with Gasteiger partial charge in [-0.25, -0.2) is 0 Å². The first kappa shape index (κ1) is 14.5. The standard InChI is InChI=1S/C14H21NO3/c1-4-10(3)14(17)15-12-6-7-13(18-5-2)11(8-12)9-16/h6-8,10,16H,4-5,9H2,1-3H3,(H,15,17). The van der Waals surface area contributed by atoms with Crippen molar-refractivity contribution in [1.29, 1.82) is 0 Å². The lowest BCUT2D eigenvalue weighted by Crippen LogP contribution is -2.19. The number of carbonyl (C=O) groups excluding carboxylic acids is 1. The molecular weight excluding hydrogens is 230 g/mol. The summed E-state index contributed by atoms with van der Waals surface area (Å²) in [5, 5.41) is 12.1. The molecule has 18 heavy (non-hydrogen) atoms. The summed E-state index contributed by atoms with van der Waals surface area (Å²) in [4.78, 5) is 11.7. The predicted molar refractivity (Wildman–Crippen MR) is 71.6 cm³/mol. The molecule has 0 spiro atoms. The summed E-state index contributed by atoms with van der Waals surface area (Å²) in [6.07, 6.45) is 0.801. The molecule has 1 aromatic rings. The Morgan fingerprint density at radius 1 is 1.44 bits per heavy atom. The van der Waals surface area contributed by atoms with Gasteiger partial charge in [0.25, 0.3) is 0 Å². The molecule has 1 rings (SSSR count). The Labute approximate surface area is 108 Å². The smallest absolute Gasteiger partial charge is 0.227 e. The van der Waals surface area contributed by atoms with Crippen LogP contribution >= 0.6 is 0 Å². The summed E-state index contributed by atoms with van der Waals surface area (Å²) in [5.74, 6) is 0.626. The number of aliphatic hydroxyl groups excluding tert-OH is 1. The molecule has 100 valence electrons. The van der Waals surface area contributed by atoms with Gasteiger partial charge in [-0.2, -0.15) is 0 Å². The monoisotopic (exact) mass is 251 g/mol. The third kappa shape index (κ3) is 3.74. The van der Waals surface area contributed by atoms with Crippen LogP contribution in [0.15, 0.2) is 18.2 Å². The first-order valence-corrected chi connectivity index (χ1v) is 6.29. The molecular formula is C14H21NO3. The maximum absolute atomic E-state index is 11.7. The van der Waals surface area contributed by atoms with Crippen LogP contribution in [0.3, 0.4) is 0 Å². The SMILES string of the molecule is CCOc1ccc(NC(=O)C(C)CC)cc1CO. The second-order valence-electron chi connectivity index (χ2n) is 4.21. The summed E-state index contributed by atoms with van der Waals surface area (Å²) in [7, 11) is 0. The van der Waals surface area contributed by atoms with E-state index in [4.69, 9.17) is 4.74 Å². The van der Waals surface area contributed by atoms with Crippen LogP contribution in [0.4, 0.5) is 5.69 Å². The van der Waals surface area contributed by atoms with Crippen molar-refractivity contribution in [3.8, 4) is 5.75 Å². The molecule has 0 aliphatic heterocycles. The summed E-state index contributed by atoms with van der Waals surface area (Å²) >= 11 is 0. The van der Waals surface area contributed by atoms with Crippen LogP contribution in [0.5, 0.6) is 5.75 Å². The Balaban J connectivity index is 2.82. The van der Waals surface area contributed by atoms with Gasteiger partial charge in [-0.1, -0.05) is 13.8 Å². The Bertz CT molecular complexity index is 404. The van der Waals surface area contributed by atoms with E-state index < -0.39 is 0 Å². The van der Waals surface area contributed by atoms with Gasteiger partial charge in [0.05, 0.1) is 13.2 Å². The third-order valence-corrected chi connectivity index (χ3v) is 2.86. The number of hydrogen-bond donors (Lipinski definition) is 2. The van der Waals surface area contributed by atoms with E-state index in [1.807, 2.05) is 20.8 Å². The lowest BCUT2D eigenvalue weighted by atomic mass is 10.1. The van der Waals surface area contributed by atoms with Gasteiger partial charge in [0.2, 0.25) is 5.91 Å². The number of aliphatic hydroxyl groups is 1. The average molecular weight is 251 g/mol. The van der Waals surface area contributed by atoms with Gasteiger partial charge in [0.15, 0.2) is 0 Å². The van der Waals surface area contributed by atoms with Gasteiger partial charge in [-0.3, -0.25) is 4.79 Å². The minimum atomic E-state index is -0.109. The minimum Gasteiger partial charge on any atom is -0.494 e. The highest BCUT2D eigenvalue weighted by atomic mass is 16.5. The summed E-state index contributed by atoms with van der Waals surface area (Å²) in [6, 6.07) is 5.29. The molecule has 1 amide bonds. The molecule has 4 nitrogen and oxygen atoms in total. The van der Waals surface area contributed by atoms with Gasteiger partial charge in [0, 0.05) is 17.2 Å². The zero-order valence-electron chi connectivity index (χ0n) is 11.2. The molecule has 1 unspecified atom stereocenters. The second kappa shape index (κ2) is 7.01. The van der Waals surface area contributed by atoms with E-state index in [0.717, 1.165) is 6.42 Å². The lowest BCUT2D eigenvalue weighted by Gasteiger charge is -2.13. The third-order valence-electron chi connectivity index (χ3n) is 2.86. The number of hydrogen-bond acceptors (Lipinski definition) is 3. The molecule has 0 bridgehead atoms. The molecule has 2 N–H and O–H groups in total. The summed E-state index contributed by atoms with van der Waals surface area (Å²) in [5.41, 5.74) is 1.37. The van der Waals surface area contributed by atoms with Crippen LogP contribution in [0.1, 0.15) is 32.8 Å². The number of nitrogens with one attached hydrogen (secondary N) is 1. The van der Waals surface area contributed by atoms with E-state index >= 15 is 0 Å².